The fourth-order valence-electron chi connectivity index (χ4n) is 1.14. The third-order valence-corrected chi connectivity index (χ3v) is 2.60. The summed E-state index contributed by atoms with van der Waals surface area (Å²) >= 11 is 1.46. The fraction of sp³-hybridized carbons (Fsp3) is 0.222. The third-order valence-electron chi connectivity index (χ3n) is 1.92. The smallest absolute Gasteiger partial charge is 0.244 e. The van der Waals surface area contributed by atoms with E-state index in [1.54, 1.807) is 12.1 Å². The van der Waals surface area contributed by atoms with Gasteiger partial charge in [0.25, 0.3) is 0 Å². The number of hydrogen-bond acceptors (Lipinski definition) is 4. The first-order valence-electron chi connectivity index (χ1n) is 4.78. The molecule has 1 aromatic carbocycles. The van der Waals surface area contributed by atoms with Crippen molar-refractivity contribution in [3.8, 4) is 5.69 Å². The van der Waals surface area contributed by atoms with Gasteiger partial charge < -0.3 is 0 Å². The van der Waals surface area contributed by atoms with Crippen molar-refractivity contribution in [2.24, 2.45) is 7.05 Å². The minimum atomic E-state index is -0.355. The second-order valence-corrected chi connectivity index (χ2v) is 3.75. The van der Waals surface area contributed by atoms with E-state index in [9.17, 15) is 4.79 Å². The van der Waals surface area contributed by atoms with E-state index in [-0.39, 0.29) is 11.7 Å². The molecule has 15 heavy (non-hydrogen) atoms. The Morgan fingerprint density at radius 3 is 2.87 bits per heavy atom. The molecule has 0 radical (unpaired) electrons. The molecule has 6 heteroatoms. The van der Waals surface area contributed by atoms with E-state index in [0.29, 0.717) is 5.69 Å². The Kier molecular flexibility index (Phi) is 2.27. The van der Waals surface area contributed by atoms with Crippen LogP contribution in [0.2, 0.25) is 0 Å². The topological polar surface area (TPSA) is 52.7 Å². The predicted molar refractivity (Wildman–Crippen MR) is 58.4 cm³/mol. The molecule has 0 amide bonds. The summed E-state index contributed by atoms with van der Waals surface area (Å²) in [7, 11) is 1.52. The standard InChI is InChI=1S/C9H10N4OS/c1-12-9(14)13(11-10-12)7-4-3-5-8(6-7)15-2/h3-6H,1-2H3/i6T. The molecule has 0 spiro atoms. The quantitative estimate of drug-likeness (QED) is 0.704. The molecular formula is C9H10N4OS. The Morgan fingerprint density at radius 2 is 2.27 bits per heavy atom. The average molecular weight is 224 g/mol. The van der Waals surface area contributed by atoms with Crippen LogP contribution in [0.15, 0.2) is 33.9 Å². The Bertz CT molecular complexity index is 577. The van der Waals surface area contributed by atoms with Gasteiger partial charge in [0.15, 0.2) is 0 Å². The van der Waals surface area contributed by atoms with Crippen molar-refractivity contribution in [3.05, 3.63) is 34.7 Å². The van der Waals surface area contributed by atoms with Crippen molar-refractivity contribution >= 4 is 11.8 Å². The number of tetrazole rings is 1. The summed E-state index contributed by atoms with van der Waals surface area (Å²) in [5.41, 5.74) is 0.0942. The van der Waals surface area contributed by atoms with Gasteiger partial charge in [0.2, 0.25) is 0 Å². The van der Waals surface area contributed by atoms with Gasteiger partial charge in [0.05, 0.1) is 7.06 Å². The van der Waals surface area contributed by atoms with E-state index in [2.05, 4.69) is 10.4 Å². The van der Waals surface area contributed by atoms with Crippen molar-refractivity contribution in [2.75, 3.05) is 6.26 Å². The van der Waals surface area contributed by atoms with Gasteiger partial charge in [-0.3, -0.25) is 0 Å². The summed E-state index contributed by atoms with van der Waals surface area (Å²) in [6, 6.07) is 5.59. The highest BCUT2D eigenvalue weighted by Crippen LogP contribution is 2.16. The molecule has 0 bridgehead atoms. The van der Waals surface area contributed by atoms with Crippen molar-refractivity contribution in [2.45, 2.75) is 4.90 Å². The largest absolute Gasteiger partial charge is 0.368 e. The van der Waals surface area contributed by atoms with Gasteiger partial charge in [-0.2, -0.15) is 9.36 Å². The lowest BCUT2D eigenvalue weighted by Crippen LogP contribution is -2.21. The summed E-state index contributed by atoms with van der Waals surface area (Å²) in [5.74, 6) is 0. The van der Waals surface area contributed by atoms with Crippen molar-refractivity contribution < 1.29 is 1.37 Å². The lowest BCUT2D eigenvalue weighted by Gasteiger charge is -2.00. The van der Waals surface area contributed by atoms with Crippen molar-refractivity contribution in [3.63, 3.8) is 0 Å². The first kappa shape index (κ1) is 8.72. The molecule has 0 atom stereocenters. The van der Waals surface area contributed by atoms with Gasteiger partial charge in [-0.25, -0.2) is 4.79 Å². The van der Waals surface area contributed by atoms with Gasteiger partial charge in [0, 0.05) is 11.9 Å². The Balaban J connectivity index is 2.65. The Hall–Kier alpha value is -1.56. The number of nitrogens with zero attached hydrogens (tertiary/aromatic N) is 4. The summed E-state index contributed by atoms with van der Waals surface area (Å²) in [6.07, 6.45) is 1.89. The molecule has 0 aliphatic rings. The van der Waals surface area contributed by atoms with Crippen LogP contribution in [0, 0.1) is 0 Å². The van der Waals surface area contributed by atoms with Crippen LogP contribution >= 0.6 is 11.8 Å². The maximum Gasteiger partial charge on any atom is 0.368 e. The van der Waals surface area contributed by atoms with E-state index >= 15 is 0 Å². The summed E-state index contributed by atoms with van der Waals surface area (Å²) < 4.78 is 10.2. The molecular weight excluding hydrogens is 212 g/mol. The molecule has 0 saturated carbocycles. The molecule has 0 N–H and O–H groups in total. The van der Waals surface area contributed by atoms with Crippen molar-refractivity contribution in [1.29, 1.82) is 0 Å². The van der Waals surface area contributed by atoms with Gasteiger partial charge in [-0.15, -0.1) is 11.8 Å². The van der Waals surface area contributed by atoms with Crippen LogP contribution in [0.5, 0.6) is 0 Å². The number of rotatable bonds is 2. The molecule has 5 nitrogen and oxygen atoms in total. The van der Waals surface area contributed by atoms with Gasteiger partial charge in [-0.1, -0.05) is 6.07 Å². The maximum absolute atomic E-state index is 11.6. The third kappa shape index (κ3) is 1.80. The van der Waals surface area contributed by atoms with Crippen LogP contribution in [-0.4, -0.2) is 26.0 Å². The molecule has 0 saturated heterocycles. The van der Waals surface area contributed by atoms with E-state index in [0.717, 1.165) is 14.3 Å². The monoisotopic (exact) mass is 224 g/mol. The average Bonchev–Trinajstić information content (AvgIpc) is 2.61. The van der Waals surface area contributed by atoms with Crippen LogP contribution in [0.4, 0.5) is 0 Å². The van der Waals surface area contributed by atoms with Gasteiger partial charge >= 0.3 is 5.69 Å². The first-order chi connectivity index (χ1) is 7.65. The zero-order chi connectivity index (χ0) is 11.7. The summed E-state index contributed by atoms with van der Waals surface area (Å²) in [6.45, 7) is 0. The number of thioether (sulfide) groups is 1. The second-order valence-electron chi connectivity index (χ2n) is 2.90. The lowest BCUT2D eigenvalue weighted by atomic mass is 10.3. The number of aryl methyl sites for hydroxylation is 1. The first-order valence-corrected chi connectivity index (χ1v) is 5.50. The molecule has 0 aliphatic carbocycles. The Morgan fingerprint density at radius 1 is 1.47 bits per heavy atom. The van der Waals surface area contributed by atoms with E-state index in [4.69, 9.17) is 1.37 Å². The molecule has 78 valence electrons. The van der Waals surface area contributed by atoms with E-state index in [1.807, 2.05) is 12.3 Å². The lowest BCUT2D eigenvalue weighted by molar-refractivity contribution is 0.693. The van der Waals surface area contributed by atoms with E-state index < -0.39 is 0 Å². The van der Waals surface area contributed by atoms with Gasteiger partial charge in [-0.05, 0) is 34.9 Å². The highest BCUT2D eigenvalue weighted by atomic mass is 32.2. The summed E-state index contributed by atoms with van der Waals surface area (Å²) in [5, 5.41) is 7.33. The molecule has 0 fully saturated rings. The van der Waals surface area contributed by atoms with Crippen LogP contribution in [0.3, 0.4) is 0 Å². The van der Waals surface area contributed by atoms with Crippen LogP contribution in [-0.2, 0) is 7.05 Å². The molecule has 2 rings (SSSR count). The van der Waals surface area contributed by atoms with Crippen LogP contribution in [0.25, 0.3) is 5.69 Å². The normalized spacial score (nSPS) is 11.5. The zero-order valence-corrected chi connectivity index (χ0v) is 9.15. The van der Waals surface area contributed by atoms with Crippen molar-refractivity contribution in [1.82, 2.24) is 19.8 Å². The fourth-order valence-corrected chi connectivity index (χ4v) is 1.56. The molecule has 2 aromatic rings. The molecule has 1 heterocycles. The van der Waals surface area contributed by atoms with Crippen LogP contribution in [0.1, 0.15) is 1.37 Å². The molecule has 0 unspecified atom stereocenters. The minimum absolute atomic E-state index is 0.289. The van der Waals surface area contributed by atoms with E-state index in [1.165, 1.54) is 18.8 Å². The maximum atomic E-state index is 11.6. The predicted octanol–water partition coefficient (Wildman–Crippen LogP) is 0.688. The summed E-state index contributed by atoms with van der Waals surface area (Å²) in [4.78, 5) is 12.4. The SMILES string of the molecule is [3H]c1c(SC)cccc1-n1nnn(C)c1=O. The molecule has 0 aliphatic heterocycles. The van der Waals surface area contributed by atoms with Gasteiger partial charge in [0.1, 0.15) is 0 Å². The Labute approximate surface area is 92.1 Å². The minimum Gasteiger partial charge on any atom is -0.244 e. The molecule has 1 aromatic heterocycles. The number of aromatic nitrogens is 4. The highest BCUT2D eigenvalue weighted by Gasteiger charge is 2.05. The number of benzene rings is 1. The second kappa shape index (κ2) is 3.90. The number of hydrogen-bond donors (Lipinski definition) is 0. The van der Waals surface area contributed by atoms with Crippen LogP contribution < -0.4 is 5.69 Å². The zero-order valence-electron chi connectivity index (χ0n) is 9.34. The highest BCUT2D eigenvalue weighted by molar-refractivity contribution is 7.98.